The molecule has 0 bridgehead atoms. The number of rotatable bonds is 5. The summed E-state index contributed by atoms with van der Waals surface area (Å²) in [4.78, 5) is 18.8. The lowest BCUT2D eigenvalue weighted by molar-refractivity contribution is 0.0740. The number of pyridine rings is 1. The molecule has 1 amide bonds. The van der Waals surface area contributed by atoms with E-state index in [1.165, 1.54) is 0 Å². The van der Waals surface area contributed by atoms with Gasteiger partial charge in [0.25, 0.3) is 5.91 Å². The minimum atomic E-state index is -0.199. The zero-order valence-electron chi connectivity index (χ0n) is 13.6. The number of aromatic nitrogens is 3. The maximum absolute atomic E-state index is 12.8. The Labute approximate surface area is 143 Å². The van der Waals surface area contributed by atoms with Crippen LogP contribution in [0.1, 0.15) is 23.1 Å². The Morgan fingerprint density at radius 3 is 2.96 bits per heavy atom. The first-order valence-corrected chi connectivity index (χ1v) is 7.97. The Hall–Kier alpha value is -3.35. The molecular weight excluding hydrogens is 320 g/mol. The number of amides is 1. The number of carbonyl (C=O) groups is 1. The average Bonchev–Trinajstić information content (AvgIpc) is 3.39. The van der Waals surface area contributed by atoms with Crippen LogP contribution in [0.4, 0.5) is 0 Å². The molecule has 0 N–H and O–H groups in total. The normalized spacial score (nSPS) is 11.1. The van der Waals surface area contributed by atoms with Gasteiger partial charge in [0, 0.05) is 18.8 Å². The van der Waals surface area contributed by atoms with Gasteiger partial charge in [0.2, 0.25) is 5.76 Å². The fourth-order valence-electron chi connectivity index (χ4n) is 2.70. The monoisotopic (exact) mass is 336 g/mol. The number of imidazole rings is 1. The lowest BCUT2D eigenvalue weighted by Gasteiger charge is -2.19. The SMILES string of the molecule is CCN(Cc1cnc2ccccn12)C(=O)c1cc(-c2ccco2)on1. The molecule has 0 saturated heterocycles. The van der Waals surface area contributed by atoms with E-state index in [1.54, 1.807) is 35.6 Å². The molecule has 0 fully saturated rings. The van der Waals surface area contributed by atoms with Crippen molar-refractivity contribution < 1.29 is 13.7 Å². The van der Waals surface area contributed by atoms with Crippen LogP contribution in [0.3, 0.4) is 0 Å². The van der Waals surface area contributed by atoms with Crippen LogP contribution in [-0.2, 0) is 6.54 Å². The highest BCUT2D eigenvalue weighted by atomic mass is 16.5. The first-order valence-electron chi connectivity index (χ1n) is 7.97. The summed E-state index contributed by atoms with van der Waals surface area (Å²) >= 11 is 0. The van der Waals surface area contributed by atoms with Gasteiger partial charge >= 0.3 is 0 Å². The number of furan rings is 1. The van der Waals surface area contributed by atoms with E-state index in [4.69, 9.17) is 8.94 Å². The Morgan fingerprint density at radius 2 is 2.16 bits per heavy atom. The summed E-state index contributed by atoms with van der Waals surface area (Å²) in [6.07, 6.45) is 5.26. The molecule has 0 aliphatic rings. The first kappa shape index (κ1) is 15.2. The summed E-state index contributed by atoms with van der Waals surface area (Å²) in [6.45, 7) is 2.90. The molecule has 4 aromatic rings. The number of carbonyl (C=O) groups excluding carboxylic acids is 1. The molecule has 126 valence electrons. The van der Waals surface area contributed by atoms with Gasteiger partial charge in [-0.15, -0.1) is 0 Å². The molecule has 4 heterocycles. The summed E-state index contributed by atoms with van der Waals surface area (Å²) in [5, 5.41) is 3.88. The van der Waals surface area contributed by atoms with Gasteiger partial charge in [-0.2, -0.15) is 0 Å². The highest BCUT2D eigenvalue weighted by Crippen LogP contribution is 2.21. The fraction of sp³-hybridized carbons (Fsp3) is 0.167. The number of hydrogen-bond acceptors (Lipinski definition) is 5. The largest absolute Gasteiger partial charge is 0.461 e. The Kier molecular flexibility index (Phi) is 3.81. The van der Waals surface area contributed by atoms with Crippen molar-refractivity contribution in [2.24, 2.45) is 0 Å². The van der Waals surface area contributed by atoms with Crippen LogP contribution in [0.2, 0.25) is 0 Å². The molecule has 7 nitrogen and oxygen atoms in total. The second-order valence-corrected chi connectivity index (χ2v) is 5.55. The van der Waals surface area contributed by atoms with Gasteiger partial charge in [0.15, 0.2) is 11.5 Å². The molecule has 4 rings (SSSR count). The third-order valence-corrected chi connectivity index (χ3v) is 4.01. The average molecular weight is 336 g/mol. The molecule has 0 saturated carbocycles. The van der Waals surface area contributed by atoms with Gasteiger partial charge in [-0.1, -0.05) is 11.2 Å². The molecule has 0 aromatic carbocycles. The van der Waals surface area contributed by atoms with Gasteiger partial charge in [0.1, 0.15) is 5.65 Å². The van der Waals surface area contributed by atoms with Crippen LogP contribution in [0, 0.1) is 0 Å². The molecule has 0 aliphatic heterocycles. The van der Waals surface area contributed by atoms with E-state index < -0.39 is 0 Å². The van der Waals surface area contributed by atoms with Crippen LogP contribution >= 0.6 is 0 Å². The smallest absolute Gasteiger partial charge is 0.276 e. The quantitative estimate of drug-likeness (QED) is 0.559. The summed E-state index contributed by atoms with van der Waals surface area (Å²) in [7, 11) is 0. The van der Waals surface area contributed by atoms with E-state index in [1.807, 2.05) is 35.7 Å². The highest BCUT2D eigenvalue weighted by Gasteiger charge is 2.21. The van der Waals surface area contributed by atoms with E-state index in [0.29, 0.717) is 24.6 Å². The minimum absolute atomic E-state index is 0.199. The van der Waals surface area contributed by atoms with Crippen LogP contribution in [0.25, 0.3) is 17.2 Å². The van der Waals surface area contributed by atoms with Crippen molar-refractivity contribution in [3.63, 3.8) is 0 Å². The Balaban J connectivity index is 1.57. The lowest BCUT2D eigenvalue weighted by Crippen LogP contribution is -2.31. The molecule has 0 radical (unpaired) electrons. The van der Waals surface area contributed by atoms with Gasteiger partial charge in [-0.3, -0.25) is 4.79 Å². The van der Waals surface area contributed by atoms with Crippen molar-refractivity contribution in [2.75, 3.05) is 6.54 Å². The zero-order valence-corrected chi connectivity index (χ0v) is 13.6. The predicted octanol–water partition coefficient (Wildman–Crippen LogP) is 3.24. The van der Waals surface area contributed by atoms with Crippen LogP contribution < -0.4 is 0 Å². The van der Waals surface area contributed by atoms with E-state index in [2.05, 4.69) is 10.1 Å². The van der Waals surface area contributed by atoms with E-state index >= 15 is 0 Å². The Morgan fingerprint density at radius 1 is 1.24 bits per heavy atom. The van der Waals surface area contributed by atoms with E-state index in [0.717, 1.165) is 11.3 Å². The Bertz CT molecular complexity index is 1000. The van der Waals surface area contributed by atoms with Crippen molar-refractivity contribution in [1.82, 2.24) is 19.4 Å². The molecule has 4 aromatic heterocycles. The van der Waals surface area contributed by atoms with Gasteiger partial charge in [-0.25, -0.2) is 4.98 Å². The second-order valence-electron chi connectivity index (χ2n) is 5.55. The number of fused-ring (bicyclic) bond motifs is 1. The highest BCUT2D eigenvalue weighted by molar-refractivity contribution is 5.93. The van der Waals surface area contributed by atoms with Gasteiger partial charge < -0.3 is 18.2 Å². The topological polar surface area (TPSA) is 76.8 Å². The third kappa shape index (κ3) is 2.80. The van der Waals surface area contributed by atoms with Crippen molar-refractivity contribution >= 4 is 11.6 Å². The van der Waals surface area contributed by atoms with Crippen molar-refractivity contribution in [2.45, 2.75) is 13.5 Å². The summed E-state index contributed by atoms with van der Waals surface area (Å²) in [5.41, 5.74) is 2.03. The number of nitrogens with zero attached hydrogens (tertiary/aromatic N) is 4. The van der Waals surface area contributed by atoms with Crippen LogP contribution in [-0.4, -0.2) is 31.9 Å². The van der Waals surface area contributed by atoms with Crippen LogP contribution in [0.5, 0.6) is 0 Å². The molecule has 0 spiro atoms. The molecule has 0 atom stereocenters. The molecule has 25 heavy (non-hydrogen) atoms. The zero-order chi connectivity index (χ0) is 17.2. The van der Waals surface area contributed by atoms with E-state index in [9.17, 15) is 4.79 Å². The van der Waals surface area contributed by atoms with Gasteiger partial charge in [0.05, 0.1) is 24.7 Å². The summed E-state index contributed by atoms with van der Waals surface area (Å²) < 4.78 is 12.4. The predicted molar refractivity (Wildman–Crippen MR) is 89.8 cm³/mol. The van der Waals surface area contributed by atoms with Crippen LogP contribution in [0.15, 0.2) is 64.0 Å². The maximum Gasteiger partial charge on any atom is 0.276 e. The van der Waals surface area contributed by atoms with Gasteiger partial charge in [-0.05, 0) is 31.2 Å². The van der Waals surface area contributed by atoms with Crippen molar-refractivity contribution in [3.8, 4) is 11.5 Å². The van der Waals surface area contributed by atoms with E-state index in [-0.39, 0.29) is 11.6 Å². The summed E-state index contributed by atoms with van der Waals surface area (Å²) in [6, 6.07) is 10.9. The van der Waals surface area contributed by atoms with Crippen molar-refractivity contribution in [1.29, 1.82) is 0 Å². The molecule has 7 heteroatoms. The second kappa shape index (κ2) is 6.27. The lowest BCUT2D eigenvalue weighted by atomic mass is 10.2. The number of hydrogen-bond donors (Lipinski definition) is 0. The minimum Gasteiger partial charge on any atom is -0.461 e. The maximum atomic E-state index is 12.8. The standard InChI is InChI=1S/C18H16N4O3/c1-2-21(12-13-11-19-17-7-3-4-8-22(13)17)18(23)14-10-16(25-20-14)15-6-5-9-24-15/h3-11H,2,12H2,1H3. The molecule has 0 unspecified atom stereocenters. The van der Waals surface area contributed by atoms with Crippen molar-refractivity contribution in [3.05, 3.63) is 66.4 Å². The third-order valence-electron chi connectivity index (χ3n) is 4.01. The first-order chi connectivity index (χ1) is 12.3. The summed E-state index contributed by atoms with van der Waals surface area (Å²) in [5.74, 6) is 0.769. The molecular formula is C18H16N4O3. The molecule has 0 aliphatic carbocycles. The fourth-order valence-corrected chi connectivity index (χ4v) is 2.70.